The van der Waals surface area contributed by atoms with Crippen LogP contribution in [0.4, 0.5) is 4.39 Å². The number of benzene rings is 2. The standard InChI is InChI=1S/C24H27FN2O6/c1-5-33-19-12-14(6-8-17(19)28)21-20(23(30)24(31)27(21)11-10-26(2)3)22(29)16-13-15(25)7-9-18(16)32-4/h6-9,12-13,21,28-29H,5,10-11H2,1-4H3/b22-20+. The second-order valence-corrected chi connectivity index (χ2v) is 7.80. The van der Waals surface area contributed by atoms with Crippen molar-refractivity contribution in [1.82, 2.24) is 9.80 Å². The summed E-state index contributed by atoms with van der Waals surface area (Å²) in [5, 5.41) is 21.2. The number of halogens is 1. The zero-order valence-corrected chi connectivity index (χ0v) is 19.0. The summed E-state index contributed by atoms with van der Waals surface area (Å²) in [6.07, 6.45) is 0. The predicted octanol–water partition coefficient (Wildman–Crippen LogP) is 2.92. The first-order valence-corrected chi connectivity index (χ1v) is 10.4. The summed E-state index contributed by atoms with van der Waals surface area (Å²) in [5.41, 5.74) is 0.207. The Morgan fingerprint density at radius 3 is 2.52 bits per heavy atom. The molecule has 2 aromatic carbocycles. The number of ketones is 1. The van der Waals surface area contributed by atoms with Crippen LogP contribution < -0.4 is 9.47 Å². The molecule has 3 rings (SSSR count). The van der Waals surface area contributed by atoms with Crippen LogP contribution in [0.3, 0.4) is 0 Å². The number of Topliss-reactive ketones (excluding diaryl/α,β-unsaturated/α-hetero) is 1. The number of carbonyl (C=O) groups excluding carboxylic acids is 2. The molecule has 1 heterocycles. The lowest BCUT2D eigenvalue weighted by Gasteiger charge is -2.27. The molecule has 1 saturated heterocycles. The first-order valence-electron chi connectivity index (χ1n) is 10.4. The Kier molecular flexibility index (Phi) is 7.23. The molecule has 1 aliphatic heterocycles. The molecule has 1 unspecified atom stereocenters. The van der Waals surface area contributed by atoms with Gasteiger partial charge in [0.1, 0.15) is 17.3 Å². The van der Waals surface area contributed by atoms with Gasteiger partial charge in [0, 0.05) is 13.1 Å². The molecule has 1 aliphatic rings. The molecule has 33 heavy (non-hydrogen) atoms. The van der Waals surface area contributed by atoms with Crippen LogP contribution in [0, 0.1) is 5.82 Å². The molecule has 176 valence electrons. The highest BCUT2D eigenvalue weighted by molar-refractivity contribution is 6.46. The Bertz CT molecular complexity index is 1100. The van der Waals surface area contributed by atoms with Gasteiger partial charge in [0.2, 0.25) is 0 Å². The average molecular weight is 458 g/mol. The monoisotopic (exact) mass is 458 g/mol. The van der Waals surface area contributed by atoms with Gasteiger partial charge in [-0.1, -0.05) is 6.07 Å². The number of methoxy groups -OCH3 is 1. The molecule has 0 radical (unpaired) electrons. The molecule has 2 aromatic rings. The van der Waals surface area contributed by atoms with E-state index in [1.807, 2.05) is 19.0 Å². The van der Waals surface area contributed by atoms with E-state index in [0.29, 0.717) is 18.7 Å². The normalized spacial score (nSPS) is 17.6. The van der Waals surface area contributed by atoms with Crippen LogP contribution in [0.25, 0.3) is 5.76 Å². The number of hydrogen-bond acceptors (Lipinski definition) is 7. The third-order valence-electron chi connectivity index (χ3n) is 5.34. The van der Waals surface area contributed by atoms with Crippen LogP contribution in [0.1, 0.15) is 24.1 Å². The van der Waals surface area contributed by atoms with E-state index in [2.05, 4.69) is 0 Å². The van der Waals surface area contributed by atoms with Crippen molar-refractivity contribution < 1.29 is 33.7 Å². The fourth-order valence-electron chi connectivity index (χ4n) is 3.75. The lowest BCUT2D eigenvalue weighted by molar-refractivity contribution is -0.140. The minimum absolute atomic E-state index is 0.0445. The number of likely N-dealkylation sites (N-methyl/N-ethyl adjacent to an activating group) is 1. The van der Waals surface area contributed by atoms with E-state index in [-0.39, 0.29) is 34.9 Å². The van der Waals surface area contributed by atoms with Crippen molar-refractivity contribution in [2.75, 3.05) is 40.9 Å². The van der Waals surface area contributed by atoms with Gasteiger partial charge >= 0.3 is 0 Å². The summed E-state index contributed by atoms with van der Waals surface area (Å²) in [4.78, 5) is 29.3. The first-order chi connectivity index (χ1) is 15.7. The Balaban J connectivity index is 2.24. The summed E-state index contributed by atoms with van der Waals surface area (Å²) in [6, 6.07) is 7.03. The molecule has 0 spiro atoms. The molecule has 8 nitrogen and oxygen atoms in total. The van der Waals surface area contributed by atoms with E-state index in [9.17, 15) is 24.2 Å². The Morgan fingerprint density at radius 1 is 1.15 bits per heavy atom. The molecule has 1 fully saturated rings. The Hall–Kier alpha value is -3.59. The van der Waals surface area contributed by atoms with Crippen molar-refractivity contribution in [1.29, 1.82) is 0 Å². The van der Waals surface area contributed by atoms with Crippen molar-refractivity contribution >= 4 is 17.4 Å². The number of carbonyl (C=O) groups is 2. The molecule has 9 heteroatoms. The molecular formula is C24H27FN2O6. The summed E-state index contributed by atoms with van der Waals surface area (Å²) < 4.78 is 24.7. The quantitative estimate of drug-likeness (QED) is 0.356. The van der Waals surface area contributed by atoms with Crippen molar-refractivity contribution in [3.05, 3.63) is 58.9 Å². The molecule has 1 amide bonds. The fraction of sp³-hybridized carbons (Fsp3) is 0.333. The highest BCUT2D eigenvalue weighted by atomic mass is 19.1. The number of likely N-dealkylation sites (tertiary alicyclic amines) is 1. The molecule has 0 aromatic heterocycles. The number of aliphatic hydroxyl groups excluding tert-OH is 1. The van der Waals surface area contributed by atoms with Gasteiger partial charge in [-0.05, 0) is 56.9 Å². The molecule has 1 atom stereocenters. The summed E-state index contributed by atoms with van der Waals surface area (Å²) in [7, 11) is 5.01. The number of aliphatic hydroxyl groups is 1. The second kappa shape index (κ2) is 9.91. The lowest BCUT2D eigenvalue weighted by Crippen LogP contribution is -2.35. The van der Waals surface area contributed by atoms with Crippen molar-refractivity contribution in [2.24, 2.45) is 0 Å². The van der Waals surface area contributed by atoms with Gasteiger partial charge in [-0.3, -0.25) is 9.59 Å². The number of phenols is 1. The summed E-state index contributed by atoms with van der Waals surface area (Å²) in [6.45, 7) is 2.71. The maximum atomic E-state index is 14.0. The first kappa shape index (κ1) is 24.1. The van der Waals surface area contributed by atoms with E-state index in [4.69, 9.17) is 9.47 Å². The maximum Gasteiger partial charge on any atom is 0.295 e. The zero-order chi connectivity index (χ0) is 24.3. The average Bonchev–Trinajstić information content (AvgIpc) is 3.03. The van der Waals surface area contributed by atoms with Crippen molar-refractivity contribution in [3.63, 3.8) is 0 Å². The second-order valence-electron chi connectivity index (χ2n) is 7.80. The minimum atomic E-state index is -0.974. The molecule has 0 bridgehead atoms. The number of hydrogen-bond donors (Lipinski definition) is 2. The fourth-order valence-corrected chi connectivity index (χ4v) is 3.75. The van der Waals surface area contributed by atoms with E-state index in [1.54, 1.807) is 13.0 Å². The Morgan fingerprint density at radius 2 is 1.88 bits per heavy atom. The van der Waals surface area contributed by atoms with E-state index < -0.39 is 29.3 Å². The van der Waals surface area contributed by atoms with Gasteiger partial charge in [0.15, 0.2) is 11.5 Å². The molecular weight excluding hydrogens is 431 g/mol. The van der Waals surface area contributed by atoms with Crippen LogP contribution >= 0.6 is 0 Å². The minimum Gasteiger partial charge on any atom is -0.507 e. The highest BCUT2D eigenvalue weighted by Gasteiger charge is 2.46. The lowest BCUT2D eigenvalue weighted by atomic mass is 9.94. The number of phenolic OH excluding ortho intramolecular Hbond substituents is 1. The Labute approximate surface area is 191 Å². The van der Waals surface area contributed by atoms with Crippen LogP contribution in [0.5, 0.6) is 17.2 Å². The van der Waals surface area contributed by atoms with E-state index >= 15 is 0 Å². The van der Waals surface area contributed by atoms with Crippen LogP contribution in [0.2, 0.25) is 0 Å². The van der Waals surface area contributed by atoms with Crippen LogP contribution in [-0.4, -0.2) is 72.6 Å². The van der Waals surface area contributed by atoms with Gasteiger partial charge in [0.05, 0.1) is 30.9 Å². The van der Waals surface area contributed by atoms with Crippen LogP contribution in [-0.2, 0) is 9.59 Å². The van der Waals surface area contributed by atoms with Crippen molar-refractivity contribution in [3.8, 4) is 17.2 Å². The third kappa shape index (κ3) is 4.78. The summed E-state index contributed by atoms with van der Waals surface area (Å²) >= 11 is 0. The smallest absolute Gasteiger partial charge is 0.295 e. The van der Waals surface area contributed by atoms with Gasteiger partial charge in [-0.25, -0.2) is 4.39 Å². The number of rotatable bonds is 8. The molecule has 2 N–H and O–H groups in total. The van der Waals surface area contributed by atoms with Gasteiger partial charge in [-0.15, -0.1) is 0 Å². The SMILES string of the molecule is CCOc1cc(C2/C(=C(\O)c3cc(F)ccc3OC)C(=O)C(=O)N2CCN(C)C)ccc1O. The number of nitrogens with zero attached hydrogens (tertiary/aromatic N) is 2. The molecule has 0 aliphatic carbocycles. The van der Waals surface area contributed by atoms with E-state index in [0.717, 1.165) is 12.1 Å². The maximum absolute atomic E-state index is 14.0. The van der Waals surface area contributed by atoms with E-state index in [1.165, 1.54) is 30.2 Å². The predicted molar refractivity (Wildman–Crippen MR) is 120 cm³/mol. The van der Waals surface area contributed by atoms with Gasteiger partial charge in [-0.2, -0.15) is 0 Å². The van der Waals surface area contributed by atoms with Crippen molar-refractivity contribution in [2.45, 2.75) is 13.0 Å². The highest BCUT2D eigenvalue weighted by Crippen LogP contribution is 2.42. The topological polar surface area (TPSA) is 99.5 Å². The van der Waals surface area contributed by atoms with Crippen LogP contribution in [0.15, 0.2) is 42.0 Å². The number of ether oxygens (including phenoxy) is 2. The molecule has 0 saturated carbocycles. The summed E-state index contributed by atoms with van der Waals surface area (Å²) in [5.74, 6) is -2.65. The number of amides is 1. The number of aromatic hydroxyl groups is 1. The zero-order valence-electron chi connectivity index (χ0n) is 19.0. The van der Waals surface area contributed by atoms with Gasteiger partial charge in [0.25, 0.3) is 11.7 Å². The largest absolute Gasteiger partial charge is 0.507 e. The third-order valence-corrected chi connectivity index (χ3v) is 5.34. The van der Waals surface area contributed by atoms with Gasteiger partial charge < -0.3 is 29.5 Å².